The number of aromatic nitrogens is 1. The van der Waals surface area contributed by atoms with Crippen LogP contribution < -0.4 is 24.0 Å². The third kappa shape index (κ3) is 1.69. The van der Waals surface area contributed by atoms with E-state index in [1.807, 2.05) is 19.1 Å². The molecule has 0 atom stereocenters. The largest absolute Gasteiger partial charge is 1.00 e. The number of benzene rings is 1. The Morgan fingerprint density at radius 3 is 2.69 bits per heavy atom. The Balaban J connectivity index is 0.000000845. The van der Waals surface area contributed by atoms with Gasteiger partial charge in [-0.05, 0) is 18.6 Å². The van der Waals surface area contributed by atoms with Crippen LogP contribution in [0, 0.1) is 6.92 Å². The van der Waals surface area contributed by atoms with Gasteiger partial charge in [-0.15, -0.1) is 0 Å². The molecule has 2 nitrogen and oxygen atoms in total. The number of para-hydroxylation sites is 1. The number of rotatable bonds is 0. The molecule has 0 aliphatic rings. The molecule has 0 amide bonds. The summed E-state index contributed by atoms with van der Waals surface area (Å²) in [6, 6.07) is 7.12. The van der Waals surface area contributed by atoms with Crippen molar-refractivity contribution in [1.82, 2.24) is 4.98 Å². The monoisotopic (exact) mass is 165 g/mol. The van der Waals surface area contributed by atoms with Crippen LogP contribution in [0.1, 0.15) is 5.56 Å². The van der Waals surface area contributed by atoms with Gasteiger partial charge < -0.3 is 5.11 Å². The molecule has 13 heavy (non-hydrogen) atoms. The minimum atomic E-state index is -0.00352. The number of fused-ring (bicyclic) bond motifs is 1. The van der Waals surface area contributed by atoms with Gasteiger partial charge in [-0.1, -0.05) is 23.9 Å². The predicted octanol–water partition coefficient (Wildman–Crippen LogP) is -1.38. The third-order valence-electron chi connectivity index (χ3n) is 1.95. The molecule has 0 saturated carbocycles. The van der Waals surface area contributed by atoms with E-state index in [1.165, 1.54) is 6.07 Å². The van der Waals surface area contributed by atoms with Crippen LogP contribution in [-0.2, 0) is 0 Å². The van der Waals surface area contributed by atoms with Crippen LogP contribution in [0.3, 0.4) is 0 Å². The molecule has 0 aliphatic carbocycles. The minimum absolute atomic E-state index is 0. The van der Waals surface area contributed by atoms with Crippen LogP contribution in [0.5, 0.6) is 5.75 Å². The molecular formula is C10H8LiNO. The Labute approximate surface area is 88.8 Å². The molecule has 0 unspecified atom stereocenters. The summed E-state index contributed by atoms with van der Waals surface area (Å²) in [4.78, 5) is 4.03. The molecule has 0 bridgehead atoms. The Hall–Kier alpha value is -0.973. The van der Waals surface area contributed by atoms with Gasteiger partial charge in [0.1, 0.15) is 0 Å². The van der Waals surface area contributed by atoms with Gasteiger partial charge in [0.25, 0.3) is 0 Å². The van der Waals surface area contributed by atoms with Gasteiger partial charge in [-0.25, -0.2) is 0 Å². The maximum absolute atomic E-state index is 11.3. The fourth-order valence-electron chi connectivity index (χ4n) is 1.29. The van der Waals surface area contributed by atoms with E-state index in [4.69, 9.17) is 0 Å². The zero-order valence-electron chi connectivity index (χ0n) is 7.74. The number of hydrogen-bond acceptors (Lipinski definition) is 2. The topological polar surface area (TPSA) is 36.0 Å². The van der Waals surface area contributed by atoms with Crippen LogP contribution in [0.15, 0.2) is 30.5 Å². The Morgan fingerprint density at radius 1 is 1.23 bits per heavy atom. The van der Waals surface area contributed by atoms with Crippen molar-refractivity contribution < 1.29 is 24.0 Å². The first-order valence-corrected chi connectivity index (χ1v) is 3.80. The van der Waals surface area contributed by atoms with Gasteiger partial charge in [0.15, 0.2) is 0 Å². The summed E-state index contributed by atoms with van der Waals surface area (Å²) < 4.78 is 0. The molecule has 0 aliphatic heterocycles. The molecule has 0 N–H and O–H groups in total. The maximum atomic E-state index is 11.3. The fourth-order valence-corrected chi connectivity index (χ4v) is 1.29. The summed E-state index contributed by atoms with van der Waals surface area (Å²) in [5, 5.41) is 12.2. The normalized spacial score (nSPS) is 9.62. The summed E-state index contributed by atoms with van der Waals surface area (Å²) >= 11 is 0. The molecule has 60 valence electrons. The molecule has 0 spiro atoms. The molecule has 0 saturated heterocycles. The van der Waals surface area contributed by atoms with Crippen molar-refractivity contribution in [1.29, 1.82) is 0 Å². The molecule has 2 aromatic rings. The second-order valence-electron chi connectivity index (χ2n) is 2.78. The minimum Gasteiger partial charge on any atom is -0.871 e. The second kappa shape index (κ2) is 3.82. The number of hydrogen-bond donors (Lipinski definition) is 0. The van der Waals surface area contributed by atoms with Crippen molar-refractivity contribution in [3.8, 4) is 5.75 Å². The van der Waals surface area contributed by atoms with Crippen LogP contribution in [0.25, 0.3) is 10.9 Å². The van der Waals surface area contributed by atoms with E-state index in [-0.39, 0.29) is 24.6 Å². The third-order valence-corrected chi connectivity index (χ3v) is 1.95. The first kappa shape index (κ1) is 10.1. The molecule has 0 fully saturated rings. The average molecular weight is 165 g/mol. The van der Waals surface area contributed by atoms with Crippen molar-refractivity contribution >= 4 is 10.9 Å². The SMILES string of the molecule is Cc1ccnc2c([O-])cccc12.[Li+]. The van der Waals surface area contributed by atoms with E-state index in [0.717, 1.165) is 10.9 Å². The standard InChI is InChI=1S/C10H9NO.Li/c1-7-5-6-11-10-8(7)3-2-4-9(10)12;/h2-6,12H,1H3;/q;+1/p-1. The van der Waals surface area contributed by atoms with E-state index in [0.29, 0.717) is 5.52 Å². The smallest absolute Gasteiger partial charge is 0.871 e. The first-order valence-electron chi connectivity index (χ1n) is 3.80. The van der Waals surface area contributed by atoms with Gasteiger partial charge in [0.2, 0.25) is 0 Å². The zero-order chi connectivity index (χ0) is 8.55. The molecule has 0 radical (unpaired) electrons. The van der Waals surface area contributed by atoms with E-state index in [9.17, 15) is 5.11 Å². The van der Waals surface area contributed by atoms with Gasteiger partial charge in [-0.2, -0.15) is 0 Å². The van der Waals surface area contributed by atoms with Crippen LogP contribution in [0.4, 0.5) is 0 Å². The molecule has 2 rings (SSSR count). The summed E-state index contributed by atoms with van der Waals surface area (Å²) in [5.41, 5.74) is 1.66. The van der Waals surface area contributed by atoms with Crippen LogP contribution in [-0.4, -0.2) is 4.98 Å². The van der Waals surface area contributed by atoms with Crippen LogP contribution in [0.2, 0.25) is 0 Å². The molecule has 1 aromatic carbocycles. The van der Waals surface area contributed by atoms with Crippen molar-refractivity contribution in [3.05, 3.63) is 36.0 Å². The average Bonchev–Trinajstić information content (AvgIpc) is 2.07. The van der Waals surface area contributed by atoms with E-state index >= 15 is 0 Å². The Bertz CT molecular complexity index is 387. The van der Waals surface area contributed by atoms with Gasteiger partial charge >= 0.3 is 18.9 Å². The maximum Gasteiger partial charge on any atom is 1.00 e. The molecule has 1 heterocycles. The summed E-state index contributed by atoms with van der Waals surface area (Å²) in [6.07, 6.45) is 1.67. The van der Waals surface area contributed by atoms with Gasteiger partial charge in [0, 0.05) is 11.6 Å². The quantitative estimate of drug-likeness (QED) is 0.451. The second-order valence-corrected chi connectivity index (χ2v) is 2.78. The molecule has 3 heteroatoms. The summed E-state index contributed by atoms with van der Waals surface area (Å²) in [6.45, 7) is 1.98. The number of aryl methyl sites for hydroxylation is 1. The number of nitrogens with zero attached hydrogens (tertiary/aromatic N) is 1. The Kier molecular flexibility index (Phi) is 2.97. The van der Waals surface area contributed by atoms with Crippen molar-refractivity contribution in [2.75, 3.05) is 0 Å². The zero-order valence-corrected chi connectivity index (χ0v) is 7.74. The predicted molar refractivity (Wildman–Crippen MR) is 45.9 cm³/mol. The molecule has 1 aromatic heterocycles. The number of pyridine rings is 1. The first-order chi connectivity index (χ1) is 5.79. The van der Waals surface area contributed by atoms with Crippen LogP contribution >= 0.6 is 0 Å². The van der Waals surface area contributed by atoms with E-state index < -0.39 is 0 Å². The van der Waals surface area contributed by atoms with Gasteiger partial charge in [0.05, 0.1) is 5.52 Å². The van der Waals surface area contributed by atoms with Crippen molar-refractivity contribution in [2.45, 2.75) is 6.92 Å². The molecular weight excluding hydrogens is 157 g/mol. The van der Waals surface area contributed by atoms with Crippen molar-refractivity contribution in [2.24, 2.45) is 0 Å². The van der Waals surface area contributed by atoms with Gasteiger partial charge in [-0.3, -0.25) is 4.98 Å². The van der Waals surface area contributed by atoms with E-state index in [2.05, 4.69) is 4.98 Å². The summed E-state index contributed by atoms with van der Waals surface area (Å²) in [5.74, 6) is -0.00352. The van der Waals surface area contributed by atoms with E-state index in [1.54, 1.807) is 12.3 Å². The Morgan fingerprint density at radius 2 is 2.00 bits per heavy atom. The summed E-state index contributed by atoms with van der Waals surface area (Å²) in [7, 11) is 0. The fraction of sp³-hybridized carbons (Fsp3) is 0.100. The van der Waals surface area contributed by atoms with Crippen molar-refractivity contribution in [3.63, 3.8) is 0 Å².